The van der Waals surface area contributed by atoms with Crippen LogP contribution in [0.15, 0.2) is 24.3 Å². The minimum Gasteiger partial charge on any atom is -0.309 e. The fraction of sp³-hybridized carbons (Fsp3) is 0.375. The lowest BCUT2D eigenvalue weighted by atomic mass is 10.1. The number of halogens is 3. The lowest BCUT2D eigenvalue weighted by Crippen LogP contribution is -2.50. The maximum absolute atomic E-state index is 12.9. The van der Waals surface area contributed by atoms with Crippen molar-refractivity contribution in [2.24, 2.45) is 5.73 Å². The molecule has 0 bridgehead atoms. The van der Waals surface area contributed by atoms with Crippen molar-refractivity contribution in [3.63, 3.8) is 0 Å². The SMILES string of the molecule is Cc1nc(C(=O)N2CCSC2(C)N)c(-c2ccc(C(F)(F)F)cc2)s1. The monoisotopic (exact) mass is 387 g/mol. The van der Waals surface area contributed by atoms with Crippen LogP contribution in [-0.4, -0.2) is 33.1 Å². The minimum atomic E-state index is -4.39. The zero-order chi connectivity index (χ0) is 18.4. The molecule has 4 nitrogen and oxygen atoms in total. The number of carbonyl (C=O) groups excluding carboxylic acids is 1. The molecule has 0 saturated carbocycles. The van der Waals surface area contributed by atoms with E-state index in [9.17, 15) is 18.0 Å². The van der Waals surface area contributed by atoms with Crippen LogP contribution in [0.5, 0.6) is 0 Å². The van der Waals surface area contributed by atoms with E-state index in [4.69, 9.17) is 5.73 Å². The first kappa shape index (κ1) is 18.2. The van der Waals surface area contributed by atoms with Gasteiger partial charge < -0.3 is 10.6 Å². The summed E-state index contributed by atoms with van der Waals surface area (Å²) in [6, 6.07) is 4.76. The third-order valence-electron chi connectivity index (χ3n) is 3.90. The number of thioether (sulfide) groups is 1. The molecule has 25 heavy (non-hydrogen) atoms. The average Bonchev–Trinajstić information content (AvgIpc) is 3.08. The Bertz CT molecular complexity index is 800. The van der Waals surface area contributed by atoms with Crippen LogP contribution in [0.3, 0.4) is 0 Å². The Balaban J connectivity index is 1.98. The maximum Gasteiger partial charge on any atom is 0.416 e. The van der Waals surface area contributed by atoms with Gasteiger partial charge in [0, 0.05) is 12.3 Å². The molecule has 0 radical (unpaired) electrons. The van der Waals surface area contributed by atoms with Crippen LogP contribution in [0.25, 0.3) is 10.4 Å². The Morgan fingerprint density at radius 3 is 2.48 bits per heavy atom. The number of amides is 1. The fourth-order valence-electron chi connectivity index (χ4n) is 2.65. The third kappa shape index (κ3) is 3.54. The van der Waals surface area contributed by atoms with Crippen LogP contribution in [0.2, 0.25) is 0 Å². The number of benzene rings is 1. The van der Waals surface area contributed by atoms with Gasteiger partial charge in [0.2, 0.25) is 0 Å². The summed E-state index contributed by atoms with van der Waals surface area (Å²) in [4.78, 5) is 18.5. The van der Waals surface area contributed by atoms with Crippen molar-refractivity contribution >= 4 is 29.0 Å². The van der Waals surface area contributed by atoms with Gasteiger partial charge in [0.15, 0.2) is 0 Å². The highest BCUT2D eigenvalue weighted by atomic mass is 32.2. The molecular formula is C16H16F3N3OS2. The number of nitrogens with zero attached hydrogens (tertiary/aromatic N) is 2. The molecule has 1 aliphatic heterocycles. The van der Waals surface area contributed by atoms with Crippen LogP contribution in [0, 0.1) is 6.92 Å². The number of aromatic nitrogens is 1. The van der Waals surface area contributed by atoms with Gasteiger partial charge in [-0.3, -0.25) is 4.79 Å². The van der Waals surface area contributed by atoms with Crippen molar-refractivity contribution < 1.29 is 18.0 Å². The fourth-order valence-corrected chi connectivity index (χ4v) is 4.59. The third-order valence-corrected chi connectivity index (χ3v) is 6.11. The molecule has 1 fully saturated rings. The quantitative estimate of drug-likeness (QED) is 0.847. The Labute approximate surface area is 151 Å². The highest BCUT2D eigenvalue weighted by Crippen LogP contribution is 2.37. The molecule has 1 saturated heterocycles. The number of hydrogen-bond donors (Lipinski definition) is 1. The lowest BCUT2D eigenvalue weighted by molar-refractivity contribution is -0.137. The highest BCUT2D eigenvalue weighted by molar-refractivity contribution is 8.00. The van der Waals surface area contributed by atoms with E-state index in [1.54, 1.807) is 18.7 Å². The van der Waals surface area contributed by atoms with Crippen molar-refractivity contribution in [2.45, 2.75) is 25.0 Å². The van der Waals surface area contributed by atoms with Crippen molar-refractivity contribution in [1.29, 1.82) is 0 Å². The van der Waals surface area contributed by atoms with Gasteiger partial charge in [-0.05, 0) is 31.5 Å². The molecule has 2 N–H and O–H groups in total. The number of rotatable bonds is 2. The van der Waals surface area contributed by atoms with E-state index in [-0.39, 0.29) is 11.6 Å². The summed E-state index contributed by atoms with van der Waals surface area (Å²) in [5, 5.41) is 0.670. The summed E-state index contributed by atoms with van der Waals surface area (Å²) in [5.74, 6) is 0.437. The molecule has 2 aromatic rings. The Morgan fingerprint density at radius 1 is 1.32 bits per heavy atom. The summed E-state index contributed by atoms with van der Waals surface area (Å²) in [6.07, 6.45) is -4.39. The summed E-state index contributed by atoms with van der Waals surface area (Å²) in [7, 11) is 0. The predicted octanol–water partition coefficient (Wildman–Crippen LogP) is 3.96. The molecule has 0 spiro atoms. The Kier molecular flexibility index (Phi) is 4.59. The van der Waals surface area contributed by atoms with Gasteiger partial charge in [0.25, 0.3) is 5.91 Å². The average molecular weight is 387 g/mol. The summed E-state index contributed by atoms with van der Waals surface area (Å²) >= 11 is 2.76. The van der Waals surface area contributed by atoms with E-state index in [1.165, 1.54) is 35.2 Å². The maximum atomic E-state index is 12.9. The summed E-state index contributed by atoms with van der Waals surface area (Å²) in [5.41, 5.74) is 6.19. The zero-order valence-electron chi connectivity index (χ0n) is 13.6. The molecule has 1 unspecified atom stereocenters. The molecule has 1 amide bonds. The van der Waals surface area contributed by atoms with E-state index < -0.39 is 16.7 Å². The van der Waals surface area contributed by atoms with Gasteiger partial charge in [0.1, 0.15) is 10.7 Å². The first-order chi connectivity index (χ1) is 11.6. The second-order valence-corrected chi connectivity index (χ2v) is 8.57. The van der Waals surface area contributed by atoms with Crippen LogP contribution >= 0.6 is 23.1 Å². The smallest absolute Gasteiger partial charge is 0.309 e. The first-order valence-corrected chi connectivity index (χ1v) is 9.29. The molecule has 1 aromatic heterocycles. The van der Waals surface area contributed by atoms with E-state index in [0.717, 1.165) is 17.9 Å². The van der Waals surface area contributed by atoms with E-state index in [2.05, 4.69) is 4.98 Å². The zero-order valence-corrected chi connectivity index (χ0v) is 15.2. The Hall–Kier alpha value is -1.58. The molecule has 3 rings (SSSR count). The van der Waals surface area contributed by atoms with Crippen molar-refractivity contribution in [3.8, 4) is 10.4 Å². The van der Waals surface area contributed by atoms with Crippen LogP contribution in [0.1, 0.15) is 28.0 Å². The van der Waals surface area contributed by atoms with Crippen molar-refractivity contribution in [1.82, 2.24) is 9.88 Å². The number of thiazole rings is 1. The molecule has 0 aliphatic carbocycles. The van der Waals surface area contributed by atoms with Crippen LogP contribution in [-0.2, 0) is 6.18 Å². The normalized spacial score (nSPS) is 21.0. The van der Waals surface area contributed by atoms with Crippen molar-refractivity contribution in [3.05, 3.63) is 40.5 Å². The standard InChI is InChI=1S/C16H16F3N3OS2/c1-9-21-12(14(23)22-7-8-24-15(22,2)20)13(25-9)10-3-5-11(6-4-10)16(17,18)19/h3-6H,7-8,20H2,1-2H3. The second kappa shape index (κ2) is 6.30. The van der Waals surface area contributed by atoms with Crippen molar-refractivity contribution in [2.75, 3.05) is 12.3 Å². The molecule has 1 aromatic carbocycles. The Morgan fingerprint density at radius 2 is 1.96 bits per heavy atom. The molecule has 1 atom stereocenters. The number of carbonyl (C=O) groups is 1. The number of hydrogen-bond acceptors (Lipinski definition) is 5. The second-order valence-electron chi connectivity index (χ2n) is 5.85. The summed E-state index contributed by atoms with van der Waals surface area (Å²) in [6.45, 7) is 4.04. The summed E-state index contributed by atoms with van der Waals surface area (Å²) < 4.78 is 38.2. The molecule has 2 heterocycles. The molecular weight excluding hydrogens is 371 g/mol. The largest absolute Gasteiger partial charge is 0.416 e. The van der Waals surface area contributed by atoms with Crippen LogP contribution in [0.4, 0.5) is 13.2 Å². The lowest BCUT2D eigenvalue weighted by Gasteiger charge is -2.29. The van der Waals surface area contributed by atoms with Gasteiger partial charge in [-0.2, -0.15) is 13.2 Å². The van der Waals surface area contributed by atoms with E-state index in [1.807, 2.05) is 0 Å². The number of nitrogens with two attached hydrogens (primary N) is 1. The predicted molar refractivity (Wildman–Crippen MR) is 93.4 cm³/mol. The van der Waals surface area contributed by atoms with E-state index in [0.29, 0.717) is 22.0 Å². The molecule has 134 valence electrons. The van der Waals surface area contributed by atoms with Gasteiger partial charge in [0.05, 0.1) is 15.4 Å². The number of aryl methyl sites for hydroxylation is 1. The van der Waals surface area contributed by atoms with Gasteiger partial charge >= 0.3 is 6.18 Å². The van der Waals surface area contributed by atoms with Gasteiger partial charge in [-0.1, -0.05) is 12.1 Å². The first-order valence-electron chi connectivity index (χ1n) is 7.49. The van der Waals surface area contributed by atoms with Gasteiger partial charge in [-0.15, -0.1) is 23.1 Å². The van der Waals surface area contributed by atoms with E-state index >= 15 is 0 Å². The molecule has 1 aliphatic rings. The highest BCUT2D eigenvalue weighted by Gasteiger charge is 2.39. The number of alkyl halides is 3. The van der Waals surface area contributed by atoms with Crippen LogP contribution < -0.4 is 5.73 Å². The minimum absolute atomic E-state index is 0.237. The van der Waals surface area contributed by atoms with Gasteiger partial charge in [-0.25, -0.2) is 4.98 Å². The topological polar surface area (TPSA) is 59.2 Å². The molecule has 9 heteroatoms.